The van der Waals surface area contributed by atoms with E-state index < -0.39 is 11.7 Å². The van der Waals surface area contributed by atoms with Crippen LogP contribution in [0.15, 0.2) is 42.5 Å². The standard InChI is InChI=1S/C19H20FNO4/c1-23-17-6-2-5-16(20)18(17)19(22)21-13-7-9-14(10-8-13)25-12-15-4-3-11-24-15/h2,5-10,15H,3-4,11-12H2,1H3,(H,21,22). The number of carbonyl (C=O) groups excluding carboxylic acids is 1. The minimum atomic E-state index is -0.631. The Morgan fingerprint density at radius 1 is 1.28 bits per heavy atom. The summed E-state index contributed by atoms with van der Waals surface area (Å²) < 4.78 is 30.2. The van der Waals surface area contributed by atoms with E-state index in [9.17, 15) is 9.18 Å². The summed E-state index contributed by atoms with van der Waals surface area (Å²) in [5.41, 5.74) is 0.420. The predicted octanol–water partition coefficient (Wildman–Crippen LogP) is 3.64. The van der Waals surface area contributed by atoms with Gasteiger partial charge in [-0.1, -0.05) is 6.07 Å². The van der Waals surface area contributed by atoms with E-state index in [2.05, 4.69) is 5.32 Å². The van der Waals surface area contributed by atoms with E-state index in [-0.39, 0.29) is 17.4 Å². The van der Waals surface area contributed by atoms with Crippen molar-refractivity contribution in [1.82, 2.24) is 0 Å². The fraction of sp³-hybridized carbons (Fsp3) is 0.316. The molecule has 1 N–H and O–H groups in total. The summed E-state index contributed by atoms with van der Waals surface area (Å²) in [7, 11) is 1.39. The molecule has 2 aromatic carbocycles. The van der Waals surface area contributed by atoms with Crippen molar-refractivity contribution in [3.05, 3.63) is 53.8 Å². The highest BCUT2D eigenvalue weighted by atomic mass is 19.1. The SMILES string of the molecule is COc1cccc(F)c1C(=O)Nc1ccc(OCC2CCCO2)cc1. The highest BCUT2D eigenvalue weighted by Crippen LogP contribution is 2.23. The lowest BCUT2D eigenvalue weighted by molar-refractivity contribution is 0.0679. The Morgan fingerprint density at radius 3 is 2.76 bits per heavy atom. The highest BCUT2D eigenvalue weighted by molar-refractivity contribution is 6.06. The number of benzene rings is 2. The molecule has 6 heteroatoms. The summed E-state index contributed by atoms with van der Waals surface area (Å²) in [5, 5.41) is 2.66. The number of carbonyl (C=O) groups is 1. The van der Waals surface area contributed by atoms with E-state index >= 15 is 0 Å². The molecular weight excluding hydrogens is 325 g/mol. The molecule has 1 saturated heterocycles. The molecular formula is C19H20FNO4. The number of anilines is 1. The van der Waals surface area contributed by atoms with Crippen molar-refractivity contribution in [3.63, 3.8) is 0 Å². The van der Waals surface area contributed by atoms with Gasteiger partial charge in [0, 0.05) is 12.3 Å². The maximum atomic E-state index is 13.9. The van der Waals surface area contributed by atoms with Crippen molar-refractivity contribution < 1.29 is 23.4 Å². The summed E-state index contributed by atoms with van der Waals surface area (Å²) in [4.78, 5) is 12.3. The summed E-state index contributed by atoms with van der Waals surface area (Å²) in [5.74, 6) is -0.317. The molecule has 1 amide bonds. The molecule has 1 fully saturated rings. The second-order valence-corrected chi connectivity index (χ2v) is 5.74. The molecule has 1 atom stereocenters. The van der Waals surface area contributed by atoms with Crippen LogP contribution in [0.2, 0.25) is 0 Å². The van der Waals surface area contributed by atoms with Gasteiger partial charge in [0.25, 0.3) is 5.91 Å². The van der Waals surface area contributed by atoms with Gasteiger partial charge in [0.15, 0.2) is 0 Å². The van der Waals surface area contributed by atoms with Gasteiger partial charge in [-0.15, -0.1) is 0 Å². The predicted molar refractivity (Wildman–Crippen MR) is 91.8 cm³/mol. The van der Waals surface area contributed by atoms with E-state index in [1.165, 1.54) is 19.2 Å². The number of amides is 1. The zero-order valence-corrected chi connectivity index (χ0v) is 14.0. The zero-order valence-electron chi connectivity index (χ0n) is 14.0. The number of ether oxygens (including phenoxy) is 3. The molecule has 5 nitrogen and oxygen atoms in total. The van der Waals surface area contributed by atoms with Crippen molar-refractivity contribution in [2.75, 3.05) is 25.6 Å². The third-order valence-corrected chi connectivity index (χ3v) is 3.99. The second kappa shape index (κ2) is 7.98. The van der Waals surface area contributed by atoms with Gasteiger partial charge in [0.05, 0.1) is 13.2 Å². The quantitative estimate of drug-likeness (QED) is 0.868. The van der Waals surface area contributed by atoms with Crippen LogP contribution >= 0.6 is 0 Å². The first kappa shape index (κ1) is 17.2. The van der Waals surface area contributed by atoms with Crippen LogP contribution in [0.4, 0.5) is 10.1 Å². The molecule has 132 valence electrons. The minimum Gasteiger partial charge on any atom is -0.496 e. The smallest absolute Gasteiger partial charge is 0.262 e. The molecule has 1 aliphatic rings. The van der Waals surface area contributed by atoms with Crippen LogP contribution in [0, 0.1) is 5.82 Å². The zero-order chi connectivity index (χ0) is 17.6. The van der Waals surface area contributed by atoms with Crippen molar-refractivity contribution in [2.45, 2.75) is 18.9 Å². The van der Waals surface area contributed by atoms with Crippen LogP contribution in [0.1, 0.15) is 23.2 Å². The lowest BCUT2D eigenvalue weighted by atomic mass is 10.1. The fourth-order valence-electron chi connectivity index (χ4n) is 2.69. The van der Waals surface area contributed by atoms with Gasteiger partial charge in [-0.3, -0.25) is 4.79 Å². The number of hydrogen-bond donors (Lipinski definition) is 1. The number of halogens is 1. The molecule has 2 aromatic rings. The molecule has 0 bridgehead atoms. The van der Waals surface area contributed by atoms with Crippen LogP contribution in [-0.2, 0) is 4.74 Å². The van der Waals surface area contributed by atoms with Gasteiger partial charge in [-0.05, 0) is 49.2 Å². The van der Waals surface area contributed by atoms with Gasteiger partial charge in [0.2, 0.25) is 0 Å². The highest BCUT2D eigenvalue weighted by Gasteiger charge is 2.18. The Hall–Kier alpha value is -2.60. The number of hydrogen-bond acceptors (Lipinski definition) is 4. The molecule has 1 heterocycles. The van der Waals surface area contributed by atoms with Gasteiger partial charge in [0.1, 0.15) is 29.5 Å². The Bertz CT molecular complexity index is 727. The van der Waals surface area contributed by atoms with Crippen LogP contribution in [0.5, 0.6) is 11.5 Å². The van der Waals surface area contributed by atoms with Crippen molar-refractivity contribution in [3.8, 4) is 11.5 Å². The third-order valence-electron chi connectivity index (χ3n) is 3.99. The molecule has 0 saturated carbocycles. The van der Waals surface area contributed by atoms with Crippen LogP contribution in [-0.4, -0.2) is 32.3 Å². The minimum absolute atomic E-state index is 0.122. The maximum absolute atomic E-state index is 13.9. The average Bonchev–Trinajstić information content (AvgIpc) is 3.14. The van der Waals surface area contributed by atoms with Crippen molar-refractivity contribution in [1.29, 1.82) is 0 Å². The Balaban J connectivity index is 1.62. The van der Waals surface area contributed by atoms with Crippen molar-refractivity contribution in [2.24, 2.45) is 0 Å². The first-order chi connectivity index (χ1) is 12.2. The first-order valence-electron chi connectivity index (χ1n) is 8.15. The molecule has 3 rings (SSSR count). The number of rotatable bonds is 6. The molecule has 0 spiro atoms. The van der Waals surface area contributed by atoms with E-state index in [1.807, 2.05) is 0 Å². The molecule has 1 unspecified atom stereocenters. The van der Waals surface area contributed by atoms with Gasteiger partial charge in [-0.2, -0.15) is 0 Å². The van der Waals surface area contributed by atoms with Gasteiger partial charge in [-0.25, -0.2) is 4.39 Å². The van der Waals surface area contributed by atoms with Crippen LogP contribution in [0.3, 0.4) is 0 Å². The topological polar surface area (TPSA) is 56.8 Å². The summed E-state index contributed by atoms with van der Waals surface area (Å²) in [6.45, 7) is 1.30. The molecule has 1 aliphatic heterocycles. The normalized spacial score (nSPS) is 16.5. The summed E-state index contributed by atoms with van der Waals surface area (Å²) in [6.07, 6.45) is 2.23. The summed E-state index contributed by atoms with van der Waals surface area (Å²) >= 11 is 0. The van der Waals surface area contributed by atoms with Gasteiger partial charge >= 0.3 is 0 Å². The van der Waals surface area contributed by atoms with Crippen LogP contribution < -0.4 is 14.8 Å². The molecule has 0 radical (unpaired) electrons. The lowest BCUT2D eigenvalue weighted by Gasteiger charge is -2.12. The van der Waals surface area contributed by atoms with E-state index in [0.717, 1.165) is 19.4 Å². The average molecular weight is 345 g/mol. The Morgan fingerprint density at radius 2 is 2.08 bits per heavy atom. The Labute approximate surface area is 145 Å². The third kappa shape index (κ3) is 4.28. The first-order valence-corrected chi connectivity index (χ1v) is 8.15. The van der Waals surface area contributed by atoms with E-state index in [1.54, 1.807) is 30.3 Å². The van der Waals surface area contributed by atoms with E-state index in [0.29, 0.717) is 18.0 Å². The van der Waals surface area contributed by atoms with Crippen LogP contribution in [0.25, 0.3) is 0 Å². The maximum Gasteiger partial charge on any atom is 0.262 e. The molecule has 25 heavy (non-hydrogen) atoms. The summed E-state index contributed by atoms with van der Waals surface area (Å²) in [6, 6.07) is 11.2. The number of methoxy groups -OCH3 is 1. The van der Waals surface area contributed by atoms with Gasteiger partial charge < -0.3 is 19.5 Å². The monoisotopic (exact) mass is 345 g/mol. The van der Waals surface area contributed by atoms with Crippen molar-refractivity contribution >= 4 is 11.6 Å². The molecule has 0 aliphatic carbocycles. The second-order valence-electron chi connectivity index (χ2n) is 5.74. The Kier molecular flexibility index (Phi) is 5.50. The lowest BCUT2D eigenvalue weighted by Crippen LogP contribution is -2.16. The van der Waals surface area contributed by atoms with E-state index in [4.69, 9.17) is 14.2 Å². The largest absolute Gasteiger partial charge is 0.496 e. The fourth-order valence-corrected chi connectivity index (χ4v) is 2.69. The molecule has 0 aromatic heterocycles. The number of nitrogens with one attached hydrogen (secondary N) is 1.